The summed E-state index contributed by atoms with van der Waals surface area (Å²) in [7, 11) is 1.60. The zero-order valence-corrected chi connectivity index (χ0v) is 14.4. The predicted molar refractivity (Wildman–Crippen MR) is 96.3 cm³/mol. The van der Waals surface area contributed by atoms with E-state index in [4.69, 9.17) is 4.98 Å². The van der Waals surface area contributed by atoms with Gasteiger partial charge in [0.1, 0.15) is 5.75 Å². The van der Waals surface area contributed by atoms with E-state index in [-0.39, 0.29) is 18.1 Å². The Morgan fingerprint density at radius 3 is 2.58 bits per heavy atom. The Hall–Kier alpha value is -3.02. The van der Waals surface area contributed by atoms with Gasteiger partial charge in [-0.1, -0.05) is 18.2 Å². The number of carbonyl (C=O) groups excluding carboxylic acids is 1. The quantitative estimate of drug-likeness (QED) is 0.749. The van der Waals surface area contributed by atoms with Gasteiger partial charge in [-0.15, -0.1) is 0 Å². The number of hydrogen-bond acceptors (Lipinski definition) is 3. The fraction of sp³-hybridized carbons (Fsp3) is 0.200. The molecule has 1 N–H and O–H groups in total. The van der Waals surface area contributed by atoms with Crippen LogP contribution in [0.5, 0.6) is 5.75 Å². The van der Waals surface area contributed by atoms with E-state index >= 15 is 0 Å². The van der Waals surface area contributed by atoms with Crippen LogP contribution >= 0.6 is 0 Å². The largest absolute Gasteiger partial charge is 0.435 e. The molecule has 4 nitrogen and oxygen atoms in total. The van der Waals surface area contributed by atoms with E-state index in [0.717, 1.165) is 27.6 Å². The maximum atomic E-state index is 12.3. The molecule has 2 aromatic carbocycles. The van der Waals surface area contributed by atoms with E-state index in [1.54, 1.807) is 19.2 Å². The zero-order valence-electron chi connectivity index (χ0n) is 14.4. The summed E-state index contributed by atoms with van der Waals surface area (Å²) >= 11 is 0. The van der Waals surface area contributed by atoms with Crippen LogP contribution in [0, 0.1) is 6.92 Å². The average molecular weight is 356 g/mol. The lowest BCUT2D eigenvalue weighted by Crippen LogP contribution is -2.20. The van der Waals surface area contributed by atoms with E-state index in [1.165, 1.54) is 12.1 Å². The number of rotatable bonds is 5. The Balaban J connectivity index is 2.04. The fourth-order valence-corrected chi connectivity index (χ4v) is 2.84. The third-order valence-corrected chi connectivity index (χ3v) is 4.14. The number of aromatic nitrogens is 1. The molecule has 0 atom stereocenters. The highest BCUT2D eigenvalue weighted by Gasteiger charge is 2.11. The minimum atomic E-state index is -2.85. The van der Waals surface area contributed by atoms with Crippen molar-refractivity contribution in [2.75, 3.05) is 7.05 Å². The first-order valence-corrected chi connectivity index (χ1v) is 8.13. The Bertz CT molecular complexity index is 940. The molecule has 0 aliphatic rings. The van der Waals surface area contributed by atoms with Gasteiger partial charge in [0.15, 0.2) is 0 Å². The van der Waals surface area contributed by atoms with Crippen molar-refractivity contribution >= 4 is 16.8 Å². The van der Waals surface area contributed by atoms with E-state index in [1.807, 2.05) is 31.2 Å². The van der Waals surface area contributed by atoms with E-state index in [0.29, 0.717) is 5.69 Å². The van der Waals surface area contributed by atoms with Gasteiger partial charge in [-0.05, 0) is 48.4 Å². The standard InChI is InChI=1S/C20H18F2N2O2/c1-12-10-17(13-6-8-15(9-7-13)26-20(21)22)24-19-14(11-18(25)23-2)4-3-5-16(12)19/h3-10,20H,11H2,1-2H3,(H,23,25). The van der Waals surface area contributed by atoms with Crippen LogP contribution in [0.25, 0.3) is 22.2 Å². The van der Waals surface area contributed by atoms with Gasteiger partial charge in [-0.3, -0.25) is 4.79 Å². The third kappa shape index (κ3) is 3.79. The molecule has 0 radical (unpaired) electrons. The molecule has 1 amide bonds. The molecule has 26 heavy (non-hydrogen) atoms. The highest BCUT2D eigenvalue weighted by Crippen LogP contribution is 2.28. The number of para-hydroxylation sites is 1. The minimum Gasteiger partial charge on any atom is -0.435 e. The van der Waals surface area contributed by atoms with Gasteiger partial charge in [0.2, 0.25) is 5.91 Å². The van der Waals surface area contributed by atoms with Crippen molar-refractivity contribution in [2.45, 2.75) is 20.0 Å². The highest BCUT2D eigenvalue weighted by molar-refractivity contribution is 5.91. The molecule has 0 aliphatic heterocycles. The molecule has 0 spiro atoms. The number of aryl methyl sites for hydroxylation is 1. The molecule has 3 aromatic rings. The maximum absolute atomic E-state index is 12.3. The second-order valence-electron chi connectivity index (χ2n) is 5.89. The molecule has 3 rings (SSSR count). The molecule has 0 fully saturated rings. The Morgan fingerprint density at radius 1 is 1.19 bits per heavy atom. The van der Waals surface area contributed by atoms with Crippen molar-refractivity contribution in [3.8, 4) is 17.0 Å². The molecule has 1 heterocycles. The van der Waals surface area contributed by atoms with Gasteiger partial charge in [0.05, 0.1) is 17.6 Å². The number of pyridine rings is 1. The molecule has 6 heteroatoms. The van der Waals surface area contributed by atoms with Crippen LogP contribution in [0.1, 0.15) is 11.1 Å². The zero-order chi connectivity index (χ0) is 18.7. The van der Waals surface area contributed by atoms with Gasteiger partial charge >= 0.3 is 6.61 Å². The number of benzene rings is 2. The van der Waals surface area contributed by atoms with E-state index < -0.39 is 6.61 Å². The number of alkyl halides is 2. The Kier molecular flexibility index (Phi) is 5.11. The van der Waals surface area contributed by atoms with E-state index in [2.05, 4.69) is 10.1 Å². The highest BCUT2D eigenvalue weighted by atomic mass is 19.3. The number of ether oxygens (including phenoxy) is 1. The van der Waals surface area contributed by atoms with E-state index in [9.17, 15) is 13.6 Å². The van der Waals surface area contributed by atoms with Crippen molar-refractivity contribution in [1.29, 1.82) is 0 Å². The predicted octanol–water partition coefficient (Wildman–Crippen LogP) is 4.10. The average Bonchev–Trinajstić information content (AvgIpc) is 2.62. The first kappa shape index (κ1) is 17.8. The summed E-state index contributed by atoms with van der Waals surface area (Å²) in [5.41, 5.74) is 4.12. The minimum absolute atomic E-state index is 0.0872. The number of hydrogen-bond donors (Lipinski definition) is 1. The van der Waals surface area contributed by atoms with Crippen LogP contribution < -0.4 is 10.1 Å². The SMILES string of the molecule is CNC(=O)Cc1cccc2c(C)cc(-c3ccc(OC(F)F)cc3)nc12. The molecule has 134 valence electrons. The smallest absolute Gasteiger partial charge is 0.387 e. The summed E-state index contributed by atoms with van der Waals surface area (Å²) in [5.74, 6) is 0.0115. The summed E-state index contributed by atoms with van der Waals surface area (Å²) in [4.78, 5) is 16.5. The number of fused-ring (bicyclic) bond motifs is 1. The normalized spacial score (nSPS) is 11.0. The molecule has 1 aromatic heterocycles. The second-order valence-corrected chi connectivity index (χ2v) is 5.89. The van der Waals surface area contributed by atoms with Crippen molar-refractivity contribution < 1.29 is 18.3 Å². The maximum Gasteiger partial charge on any atom is 0.387 e. The van der Waals surface area contributed by atoms with Crippen molar-refractivity contribution in [3.63, 3.8) is 0 Å². The molecular weight excluding hydrogens is 338 g/mol. The van der Waals surface area contributed by atoms with Crippen LogP contribution in [0.2, 0.25) is 0 Å². The Labute approximate surface area is 149 Å². The molecule has 0 saturated carbocycles. The van der Waals surface area contributed by atoms with Crippen LogP contribution in [0.3, 0.4) is 0 Å². The fourth-order valence-electron chi connectivity index (χ4n) is 2.84. The monoisotopic (exact) mass is 356 g/mol. The molecule has 0 bridgehead atoms. The van der Waals surface area contributed by atoms with Gasteiger partial charge in [0.25, 0.3) is 0 Å². The lowest BCUT2D eigenvalue weighted by molar-refractivity contribution is -0.119. The number of carbonyl (C=O) groups is 1. The number of halogens is 2. The van der Waals surface area contributed by atoms with Gasteiger partial charge in [-0.25, -0.2) is 4.98 Å². The van der Waals surface area contributed by atoms with Crippen molar-refractivity contribution in [3.05, 3.63) is 59.7 Å². The second kappa shape index (κ2) is 7.47. The summed E-state index contributed by atoms with van der Waals surface area (Å²) in [6, 6.07) is 14.0. The summed E-state index contributed by atoms with van der Waals surface area (Å²) < 4.78 is 28.9. The van der Waals surface area contributed by atoms with Crippen LogP contribution in [0.4, 0.5) is 8.78 Å². The summed E-state index contributed by atoms with van der Waals surface area (Å²) in [5, 5.41) is 3.60. The number of nitrogens with zero attached hydrogens (tertiary/aromatic N) is 1. The van der Waals surface area contributed by atoms with Gasteiger partial charge in [-0.2, -0.15) is 8.78 Å². The topological polar surface area (TPSA) is 51.2 Å². The molecule has 0 unspecified atom stereocenters. The van der Waals surface area contributed by atoms with Crippen LogP contribution in [0.15, 0.2) is 48.5 Å². The van der Waals surface area contributed by atoms with Crippen LogP contribution in [-0.4, -0.2) is 24.6 Å². The van der Waals surface area contributed by atoms with Gasteiger partial charge in [0, 0.05) is 18.0 Å². The first-order valence-electron chi connectivity index (χ1n) is 8.13. The summed E-state index contributed by atoms with van der Waals surface area (Å²) in [6.45, 7) is -0.875. The number of nitrogens with one attached hydrogen (secondary N) is 1. The van der Waals surface area contributed by atoms with Crippen LogP contribution in [-0.2, 0) is 11.2 Å². The molecule has 0 saturated heterocycles. The summed E-state index contributed by atoms with van der Waals surface area (Å²) in [6.07, 6.45) is 0.241. The van der Waals surface area contributed by atoms with Gasteiger partial charge < -0.3 is 10.1 Å². The Morgan fingerprint density at radius 2 is 1.92 bits per heavy atom. The van der Waals surface area contributed by atoms with Crippen molar-refractivity contribution in [2.24, 2.45) is 0 Å². The molecule has 0 aliphatic carbocycles. The lowest BCUT2D eigenvalue weighted by Gasteiger charge is -2.11. The number of amides is 1. The molecular formula is C20H18F2N2O2. The first-order chi connectivity index (χ1) is 12.5. The number of likely N-dealkylation sites (N-methyl/N-ethyl adjacent to an activating group) is 1. The third-order valence-electron chi connectivity index (χ3n) is 4.14. The van der Waals surface area contributed by atoms with Crippen molar-refractivity contribution in [1.82, 2.24) is 10.3 Å². The lowest BCUT2D eigenvalue weighted by atomic mass is 10.0.